The van der Waals surface area contributed by atoms with Crippen LogP contribution in [0.1, 0.15) is 12.8 Å². The van der Waals surface area contributed by atoms with Crippen LogP contribution in [0.2, 0.25) is 5.02 Å². The van der Waals surface area contributed by atoms with E-state index in [0.717, 1.165) is 12.8 Å². The van der Waals surface area contributed by atoms with Gasteiger partial charge in [-0.05, 0) is 18.9 Å². The van der Waals surface area contributed by atoms with Gasteiger partial charge < -0.3 is 4.74 Å². The Morgan fingerprint density at radius 3 is 3.00 bits per heavy atom. The fourth-order valence-electron chi connectivity index (χ4n) is 2.01. The molecule has 1 aliphatic heterocycles. The Morgan fingerprint density at radius 2 is 2.33 bits per heavy atom. The zero-order valence-corrected chi connectivity index (χ0v) is 11.6. The fourth-order valence-corrected chi connectivity index (χ4v) is 3.92. The van der Waals surface area contributed by atoms with E-state index < -0.39 is 10.0 Å². The lowest BCUT2D eigenvalue weighted by Gasteiger charge is -2.31. The Bertz CT molecular complexity index is 521. The lowest BCUT2D eigenvalue weighted by molar-refractivity contribution is 0.0572. The third-order valence-electron chi connectivity index (χ3n) is 3.03. The van der Waals surface area contributed by atoms with Crippen LogP contribution in [0.3, 0.4) is 0 Å². The summed E-state index contributed by atoms with van der Waals surface area (Å²) in [5.41, 5.74) is 0. The van der Waals surface area contributed by atoms with Crippen LogP contribution < -0.4 is 0 Å². The van der Waals surface area contributed by atoms with E-state index in [4.69, 9.17) is 16.3 Å². The summed E-state index contributed by atoms with van der Waals surface area (Å²) in [5, 5.41) is 0.199. The molecule has 18 heavy (non-hydrogen) atoms. The van der Waals surface area contributed by atoms with E-state index in [9.17, 15) is 8.42 Å². The van der Waals surface area contributed by atoms with Crippen molar-refractivity contribution >= 4 is 21.6 Å². The number of hydrogen-bond acceptors (Lipinski definition) is 4. The quantitative estimate of drug-likeness (QED) is 0.847. The van der Waals surface area contributed by atoms with E-state index in [-0.39, 0.29) is 16.0 Å². The molecule has 1 saturated heterocycles. The molecule has 0 spiro atoms. The number of piperidine rings is 1. The van der Waals surface area contributed by atoms with Crippen LogP contribution in [0.25, 0.3) is 0 Å². The molecule has 5 nitrogen and oxygen atoms in total. The monoisotopic (exact) mass is 290 g/mol. The van der Waals surface area contributed by atoms with Gasteiger partial charge in [0.2, 0.25) is 10.0 Å². The Kier molecular flexibility index (Phi) is 4.21. The molecular formula is C11H15ClN2O3S. The van der Waals surface area contributed by atoms with Gasteiger partial charge in [0.1, 0.15) is 4.90 Å². The minimum absolute atomic E-state index is 0.0519. The van der Waals surface area contributed by atoms with Gasteiger partial charge in [-0.15, -0.1) is 0 Å². The second kappa shape index (κ2) is 5.52. The van der Waals surface area contributed by atoms with E-state index in [1.54, 1.807) is 7.11 Å². The van der Waals surface area contributed by atoms with Gasteiger partial charge >= 0.3 is 0 Å². The number of methoxy groups -OCH3 is 1. The zero-order valence-electron chi connectivity index (χ0n) is 10.0. The second-order valence-corrected chi connectivity index (χ2v) is 6.48. The van der Waals surface area contributed by atoms with Crippen LogP contribution >= 0.6 is 11.6 Å². The lowest BCUT2D eigenvalue weighted by atomic mass is 10.1. The number of pyridine rings is 1. The average Bonchev–Trinajstić information content (AvgIpc) is 2.39. The van der Waals surface area contributed by atoms with E-state index in [2.05, 4.69) is 4.98 Å². The first kappa shape index (κ1) is 13.7. The van der Waals surface area contributed by atoms with Gasteiger partial charge in [0.15, 0.2) is 0 Å². The number of nitrogens with zero attached hydrogens (tertiary/aromatic N) is 2. The largest absolute Gasteiger partial charge is 0.380 e. The van der Waals surface area contributed by atoms with Crippen LogP contribution in [0.4, 0.5) is 0 Å². The molecule has 1 fully saturated rings. The molecule has 0 saturated carbocycles. The minimum atomic E-state index is -3.58. The molecule has 1 aromatic heterocycles. The Morgan fingerprint density at radius 1 is 1.56 bits per heavy atom. The SMILES string of the molecule is COC1CCCN(S(=O)(=O)c2cnccc2Cl)C1. The molecule has 1 aromatic rings. The van der Waals surface area contributed by atoms with Crippen LogP contribution in [-0.4, -0.2) is 44.0 Å². The van der Waals surface area contributed by atoms with Gasteiger partial charge in [0, 0.05) is 32.6 Å². The van der Waals surface area contributed by atoms with E-state index >= 15 is 0 Å². The molecular weight excluding hydrogens is 276 g/mol. The molecule has 0 amide bonds. The molecule has 7 heteroatoms. The van der Waals surface area contributed by atoms with E-state index in [0.29, 0.717) is 13.1 Å². The standard InChI is InChI=1S/C11H15ClN2O3S/c1-17-9-3-2-6-14(8-9)18(15,16)11-7-13-5-4-10(11)12/h4-5,7,9H,2-3,6,8H2,1H3. The minimum Gasteiger partial charge on any atom is -0.380 e. The van der Waals surface area contributed by atoms with Crippen molar-refractivity contribution in [3.05, 3.63) is 23.5 Å². The number of halogens is 1. The summed E-state index contributed by atoms with van der Waals surface area (Å²) in [5.74, 6) is 0. The number of hydrogen-bond donors (Lipinski definition) is 0. The summed E-state index contributed by atoms with van der Waals surface area (Å²) in [6.45, 7) is 0.859. The van der Waals surface area contributed by atoms with Gasteiger partial charge in [0.25, 0.3) is 0 Å². The van der Waals surface area contributed by atoms with Crippen LogP contribution in [-0.2, 0) is 14.8 Å². The maximum atomic E-state index is 12.4. The lowest BCUT2D eigenvalue weighted by Crippen LogP contribution is -2.42. The van der Waals surface area contributed by atoms with Crippen molar-refractivity contribution in [2.24, 2.45) is 0 Å². The maximum absolute atomic E-state index is 12.4. The van der Waals surface area contributed by atoms with E-state index in [1.165, 1.54) is 22.8 Å². The molecule has 100 valence electrons. The average molecular weight is 291 g/mol. The first-order valence-electron chi connectivity index (χ1n) is 5.68. The van der Waals surface area contributed by atoms with E-state index in [1.807, 2.05) is 0 Å². The highest BCUT2D eigenvalue weighted by atomic mass is 35.5. The molecule has 2 rings (SSSR count). The zero-order chi connectivity index (χ0) is 13.2. The van der Waals surface area contributed by atoms with Crippen molar-refractivity contribution in [3.8, 4) is 0 Å². The van der Waals surface area contributed by atoms with Crippen molar-refractivity contribution in [3.63, 3.8) is 0 Å². The summed E-state index contributed by atoms with van der Waals surface area (Å²) in [6.07, 6.45) is 4.37. The summed E-state index contributed by atoms with van der Waals surface area (Å²) in [7, 11) is -1.98. The third kappa shape index (κ3) is 2.66. The van der Waals surface area contributed by atoms with Gasteiger partial charge in [0.05, 0.1) is 11.1 Å². The summed E-state index contributed by atoms with van der Waals surface area (Å²) in [4.78, 5) is 3.88. The van der Waals surface area contributed by atoms with Crippen molar-refractivity contribution in [2.75, 3.05) is 20.2 Å². The molecule has 0 aromatic carbocycles. The number of aromatic nitrogens is 1. The molecule has 1 aliphatic rings. The third-order valence-corrected chi connectivity index (χ3v) is 5.36. The van der Waals surface area contributed by atoms with Gasteiger partial charge in [-0.1, -0.05) is 11.6 Å². The molecule has 0 N–H and O–H groups in total. The predicted molar refractivity (Wildman–Crippen MR) is 68.0 cm³/mol. The highest BCUT2D eigenvalue weighted by Gasteiger charge is 2.31. The molecule has 1 unspecified atom stereocenters. The normalized spacial score (nSPS) is 22.0. The van der Waals surface area contributed by atoms with Crippen molar-refractivity contribution < 1.29 is 13.2 Å². The smallest absolute Gasteiger partial charge is 0.246 e. The Labute approximate surface area is 112 Å². The first-order chi connectivity index (χ1) is 8.55. The molecule has 1 atom stereocenters. The second-order valence-electron chi connectivity index (χ2n) is 4.17. The summed E-state index contributed by atoms with van der Waals surface area (Å²) < 4.78 is 31.5. The Hall–Kier alpha value is -0.690. The van der Waals surface area contributed by atoms with Gasteiger partial charge in [-0.25, -0.2) is 8.42 Å². The van der Waals surface area contributed by atoms with Crippen molar-refractivity contribution in [2.45, 2.75) is 23.8 Å². The Balaban J connectivity index is 2.29. The highest BCUT2D eigenvalue weighted by molar-refractivity contribution is 7.89. The predicted octanol–water partition coefficient (Wildman–Crippen LogP) is 1.53. The fraction of sp³-hybridized carbons (Fsp3) is 0.545. The highest BCUT2D eigenvalue weighted by Crippen LogP contribution is 2.26. The van der Waals surface area contributed by atoms with Gasteiger partial charge in [-0.2, -0.15) is 4.31 Å². The number of rotatable bonds is 3. The molecule has 0 radical (unpaired) electrons. The molecule has 2 heterocycles. The summed E-state index contributed by atoms with van der Waals surface area (Å²) in [6, 6.07) is 1.48. The van der Waals surface area contributed by atoms with Crippen molar-refractivity contribution in [1.29, 1.82) is 0 Å². The molecule has 0 aliphatic carbocycles. The maximum Gasteiger partial charge on any atom is 0.246 e. The van der Waals surface area contributed by atoms with Crippen LogP contribution in [0.5, 0.6) is 0 Å². The van der Waals surface area contributed by atoms with Gasteiger partial charge in [-0.3, -0.25) is 4.98 Å². The summed E-state index contributed by atoms with van der Waals surface area (Å²) >= 11 is 5.92. The van der Waals surface area contributed by atoms with Crippen LogP contribution in [0.15, 0.2) is 23.4 Å². The number of ether oxygens (including phenoxy) is 1. The van der Waals surface area contributed by atoms with Crippen LogP contribution in [0, 0.1) is 0 Å². The number of sulfonamides is 1. The van der Waals surface area contributed by atoms with Crippen molar-refractivity contribution in [1.82, 2.24) is 9.29 Å². The molecule has 0 bridgehead atoms. The topological polar surface area (TPSA) is 59.5 Å². The first-order valence-corrected chi connectivity index (χ1v) is 7.50.